The van der Waals surface area contributed by atoms with Crippen molar-refractivity contribution in [3.05, 3.63) is 83.8 Å². The molecule has 0 spiro atoms. The zero-order valence-electron chi connectivity index (χ0n) is 25.1. The first-order chi connectivity index (χ1) is 20.9. The van der Waals surface area contributed by atoms with E-state index in [1.807, 2.05) is 20.8 Å². The van der Waals surface area contributed by atoms with Crippen molar-refractivity contribution in [1.82, 2.24) is 19.7 Å². The van der Waals surface area contributed by atoms with Gasteiger partial charge < -0.3 is 14.2 Å². The number of para-hydroxylation sites is 2. The molecule has 0 fully saturated rings. The van der Waals surface area contributed by atoms with Gasteiger partial charge in [-0.1, -0.05) is 49.7 Å². The Hall–Kier alpha value is -4.27. The van der Waals surface area contributed by atoms with Gasteiger partial charge in [-0.3, -0.25) is 4.72 Å². The summed E-state index contributed by atoms with van der Waals surface area (Å²) in [6.07, 6.45) is 1.79. The number of nitrogens with zero attached hydrogens (tertiary/aromatic N) is 3. The Morgan fingerprint density at radius 3 is 2.20 bits per heavy atom. The van der Waals surface area contributed by atoms with Gasteiger partial charge in [0.1, 0.15) is 5.82 Å². The molecule has 234 valence electrons. The van der Waals surface area contributed by atoms with E-state index in [1.165, 1.54) is 31.5 Å². The van der Waals surface area contributed by atoms with Crippen LogP contribution in [0.1, 0.15) is 43.1 Å². The lowest BCUT2D eigenvalue weighted by Crippen LogP contribution is -2.26. The highest BCUT2D eigenvalue weighted by Crippen LogP contribution is 2.40. The number of methoxy groups -OCH3 is 1. The van der Waals surface area contributed by atoms with Crippen LogP contribution in [-0.2, 0) is 20.0 Å². The van der Waals surface area contributed by atoms with Crippen LogP contribution < -0.4 is 23.7 Å². The molecule has 12 nitrogen and oxygen atoms in total. The van der Waals surface area contributed by atoms with Gasteiger partial charge in [0.15, 0.2) is 22.3 Å². The Balaban J connectivity index is 1.58. The summed E-state index contributed by atoms with van der Waals surface area (Å²) in [4.78, 5) is 12.9. The molecule has 2 aromatic heterocycles. The Bertz CT molecular complexity index is 1800. The van der Waals surface area contributed by atoms with Crippen LogP contribution in [0.5, 0.6) is 23.1 Å². The molecule has 14 heteroatoms. The average Bonchev–Trinajstić information content (AvgIpc) is 2.98. The van der Waals surface area contributed by atoms with Gasteiger partial charge in [0.2, 0.25) is 15.8 Å². The summed E-state index contributed by atoms with van der Waals surface area (Å²) >= 11 is 0. The maximum Gasteiger partial charge on any atom is 0.280 e. The molecule has 0 unspecified atom stereocenters. The average molecular weight is 642 g/mol. The molecule has 0 bridgehead atoms. The lowest BCUT2D eigenvalue weighted by atomic mass is 10.1. The molecule has 44 heavy (non-hydrogen) atoms. The third-order valence-corrected chi connectivity index (χ3v) is 9.07. The summed E-state index contributed by atoms with van der Waals surface area (Å²) < 4.78 is 74.3. The summed E-state index contributed by atoms with van der Waals surface area (Å²) in [5, 5.41) is -0.204. The lowest BCUT2D eigenvalue weighted by molar-refractivity contribution is 0.282. The number of hydrogen-bond donors (Lipinski definition) is 2. The van der Waals surface area contributed by atoms with E-state index in [9.17, 15) is 16.8 Å². The number of rotatable bonds is 14. The van der Waals surface area contributed by atoms with E-state index < -0.39 is 20.0 Å². The van der Waals surface area contributed by atoms with Gasteiger partial charge >= 0.3 is 0 Å². The molecular formula is C30H35N5O7S2. The monoisotopic (exact) mass is 641 g/mol. The molecular weight excluding hydrogens is 606 g/mol. The van der Waals surface area contributed by atoms with E-state index in [0.717, 1.165) is 11.1 Å². The highest BCUT2D eigenvalue weighted by atomic mass is 32.2. The standard InChI is InChI=1S/C30H35N5O7S2/c1-20(2)23-13-16-27(31-19-23)44(38,39)35-29-28(42-26-10-7-6-9-25(26)40-5)30(34-22(4)33-29)41-18-8-17-32-43(36,37)24-14-11-21(3)12-15-24/h6-7,9-16,19-20,32H,8,17-18H2,1-5H3,(H,33,34,35). The number of aryl methyl sites for hydroxylation is 2. The van der Waals surface area contributed by atoms with Crippen LogP contribution in [0.3, 0.4) is 0 Å². The van der Waals surface area contributed by atoms with E-state index >= 15 is 0 Å². The molecule has 4 aromatic rings. The van der Waals surface area contributed by atoms with Gasteiger partial charge in [0.25, 0.3) is 15.9 Å². The molecule has 2 heterocycles. The van der Waals surface area contributed by atoms with Crippen LogP contribution in [0.4, 0.5) is 5.82 Å². The zero-order chi connectivity index (χ0) is 31.9. The second-order valence-electron chi connectivity index (χ2n) is 10.1. The second kappa shape index (κ2) is 14.0. The molecule has 4 rings (SSSR count). The lowest BCUT2D eigenvalue weighted by Gasteiger charge is -2.17. The smallest absolute Gasteiger partial charge is 0.280 e. The molecule has 0 atom stereocenters. The molecule has 0 saturated heterocycles. The van der Waals surface area contributed by atoms with Crippen molar-refractivity contribution < 1.29 is 31.0 Å². The molecule has 0 aliphatic rings. The summed E-state index contributed by atoms with van der Waals surface area (Å²) in [6, 6.07) is 16.4. The van der Waals surface area contributed by atoms with Gasteiger partial charge in [-0.15, -0.1) is 0 Å². The Kier molecular flexibility index (Phi) is 10.4. The van der Waals surface area contributed by atoms with Crippen molar-refractivity contribution in [3.63, 3.8) is 0 Å². The van der Waals surface area contributed by atoms with Crippen LogP contribution >= 0.6 is 0 Å². The highest BCUT2D eigenvalue weighted by molar-refractivity contribution is 7.92. The number of pyridine rings is 1. The largest absolute Gasteiger partial charge is 0.493 e. The molecule has 0 saturated carbocycles. The fourth-order valence-electron chi connectivity index (χ4n) is 3.93. The first-order valence-corrected chi connectivity index (χ1v) is 16.7. The van der Waals surface area contributed by atoms with E-state index in [0.29, 0.717) is 5.75 Å². The van der Waals surface area contributed by atoms with Gasteiger partial charge in [-0.05, 0) is 62.1 Å². The fraction of sp³-hybridized carbons (Fsp3) is 0.300. The third kappa shape index (κ3) is 8.21. The zero-order valence-corrected chi connectivity index (χ0v) is 26.7. The molecule has 0 aliphatic heterocycles. The Morgan fingerprint density at radius 1 is 0.864 bits per heavy atom. The SMILES string of the molecule is COc1ccccc1Oc1c(NS(=O)(=O)c2ccc(C(C)C)cn2)nc(C)nc1OCCCNS(=O)(=O)c1ccc(C)cc1. The number of sulfonamides is 2. The molecule has 0 amide bonds. The van der Waals surface area contributed by atoms with Crippen LogP contribution in [-0.4, -0.2) is 52.0 Å². The first-order valence-electron chi connectivity index (χ1n) is 13.8. The van der Waals surface area contributed by atoms with E-state index in [-0.39, 0.29) is 64.4 Å². The van der Waals surface area contributed by atoms with Crippen molar-refractivity contribution in [2.75, 3.05) is 25.0 Å². The van der Waals surface area contributed by atoms with Crippen LogP contribution in [0, 0.1) is 13.8 Å². The number of benzene rings is 2. The minimum Gasteiger partial charge on any atom is -0.493 e. The number of nitrogens with one attached hydrogen (secondary N) is 2. The van der Waals surface area contributed by atoms with Crippen molar-refractivity contribution in [3.8, 4) is 23.1 Å². The first kappa shape index (κ1) is 32.6. The van der Waals surface area contributed by atoms with Gasteiger partial charge in [-0.25, -0.2) is 23.1 Å². The second-order valence-corrected chi connectivity index (χ2v) is 13.5. The summed E-state index contributed by atoms with van der Waals surface area (Å²) in [5.74, 6) is 0.687. The van der Waals surface area contributed by atoms with Gasteiger partial charge in [-0.2, -0.15) is 13.4 Å². The predicted octanol–water partition coefficient (Wildman–Crippen LogP) is 4.96. The van der Waals surface area contributed by atoms with Crippen molar-refractivity contribution in [2.24, 2.45) is 0 Å². The maximum absolute atomic E-state index is 13.3. The van der Waals surface area contributed by atoms with Crippen molar-refractivity contribution in [2.45, 2.75) is 50.0 Å². The number of hydrogen-bond acceptors (Lipinski definition) is 10. The summed E-state index contributed by atoms with van der Waals surface area (Å²) in [7, 11) is -6.42. The van der Waals surface area contributed by atoms with Crippen LogP contribution in [0.15, 0.2) is 76.8 Å². The van der Waals surface area contributed by atoms with Crippen molar-refractivity contribution in [1.29, 1.82) is 0 Å². The Morgan fingerprint density at radius 2 is 1.57 bits per heavy atom. The third-order valence-electron chi connectivity index (χ3n) is 6.34. The highest BCUT2D eigenvalue weighted by Gasteiger charge is 2.25. The van der Waals surface area contributed by atoms with Crippen molar-refractivity contribution >= 4 is 25.9 Å². The Labute approximate surface area is 258 Å². The molecule has 2 N–H and O–H groups in total. The van der Waals surface area contributed by atoms with E-state index in [2.05, 4.69) is 24.4 Å². The normalized spacial score (nSPS) is 11.8. The van der Waals surface area contributed by atoms with Crippen LogP contribution in [0.25, 0.3) is 0 Å². The molecule has 2 aromatic carbocycles. The summed E-state index contributed by atoms with van der Waals surface area (Å²) in [5.41, 5.74) is 1.84. The molecule has 0 radical (unpaired) electrons. The number of ether oxygens (including phenoxy) is 3. The van der Waals surface area contributed by atoms with E-state index in [4.69, 9.17) is 14.2 Å². The van der Waals surface area contributed by atoms with Gasteiger partial charge in [0, 0.05) is 12.7 Å². The quantitative estimate of drug-likeness (QED) is 0.180. The molecule has 0 aliphatic carbocycles. The minimum atomic E-state index is -4.19. The summed E-state index contributed by atoms with van der Waals surface area (Å²) in [6.45, 7) is 7.52. The maximum atomic E-state index is 13.3. The van der Waals surface area contributed by atoms with Gasteiger partial charge in [0.05, 0.1) is 18.6 Å². The fourth-order valence-corrected chi connectivity index (χ4v) is 5.94. The minimum absolute atomic E-state index is 0.0273. The van der Waals surface area contributed by atoms with Crippen LogP contribution in [0.2, 0.25) is 0 Å². The number of aromatic nitrogens is 3. The topological polar surface area (TPSA) is 159 Å². The van der Waals surface area contributed by atoms with E-state index in [1.54, 1.807) is 49.4 Å². The number of anilines is 1. The predicted molar refractivity (Wildman–Crippen MR) is 165 cm³/mol.